The van der Waals surface area contributed by atoms with Crippen molar-refractivity contribution in [2.24, 2.45) is 5.73 Å². The van der Waals surface area contributed by atoms with Crippen LogP contribution in [0.5, 0.6) is 0 Å². The minimum absolute atomic E-state index is 0.0823. The lowest BCUT2D eigenvalue weighted by atomic mass is 10.1. The molecule has 72 valence electrons. The molecule has 14 heavy (non-hydrogen) atoms. The molecule has 0 saturated carbocycles. The lowest BCUT2D eigenvalue weighted by Crippen LogP contribution is -2.16. The Kier molecular flexibility index (Phi) is 2.43. The van der Waals surface area contributed by atoms with Crippen LogP contribution in [0.25, 0.3) is 10.8 Å². The van der Waals surface area contributed by atoms with Crippen molar-refractivity contribution in [1.29, 1.82) is 0 Å². The molecule has 2 aromatic rings. The summed E-state index contributed by atoms with van der Waals surface area (Å²) < 4.78 is 0. The molecule has 1 aromatic carbocycles. The van der Waals surface area contributed by atoms with E-state index in [1.165, 1.54) is 0 Å². The Morgan fingerprint density at radius 1 is 1.29 bits per heavy atom. The van der Waals surface area contributed by atoms with Gasteiger partial charge in [0, 0.05) is 11.6 Å². The number of fused-ring (bicyclic) bond motifs is 1. The Morgan fingerprint density at radius 3 is 2.86 bits per heavy atom. The van der Waals surface area contributed by atoms with E-state index in [2.05, 4.69) is 4.98 Å². The molecule has 2 rings (SSSR count). The number of rotatable bonds is 2. The van der Waals surface area contributed by atoms with Crippen molar-refractivity contribution in [3.8, 4) is 0 Å². The van der Waals surface area contributed by atoms with Crippen LogP contribution < -0.4 is 5.73 Å². The summed E-state index contributed by atoms with van der Waals surface area (Å²) in [5.74, 6) is 0. The summed E-state index contributed by atoms with van der Waals surface area (Å²) in [5, 5.41) is 11.1. The zero-order valence-electron chi connectivity index (χ0n) is 7.72. The van der Waals surface area contributed by atoms with Gasteiger partial charge in [-0.05, 0) is 11.5 Å². The smallest absolute Gasteiger partial charge is 0.0711 e. The first kappa shape index (κ1) is 9.12. The van der Waals surface area contributed by atoms with Gasteiger partial charge in [-0.25, -0.2) is 0 Å². The largest absolute Gasteiger partial charge is 0.394 e. The van der Waals surface area contributed by atoms with Crippen molar-refractivity contribution >= 4 is 10.8 Å². The van der Waals surface area contributed by atoms with E-state index in [1.807, 2.05) is 30.3 Å². The van der Waals surface area contributed by atoms with Crippen molar-refractivity contribution in [1.82, 2.24) is 4.98 Å². The number of aliphatic hydroxyl groups excluding tert-OH is 1. The topological polar surface area (TPSA) is 59.1 Å². The van der Waals surface area contributed by atoms with Crippen molar-refractivity contribution in [3.63, 3.8) is 0 Å². The van der Waals surface area contributed by atoms with Crippen molar-refractivity contribution in [3.05, 3.63) is 42.2 Å². The average molecular weight is 188 g/mol. The Balaban J connectivity index is 2.65. The molecular formula is C11H12N2O. The second-order valence-corrected chi connectivity index (χ2v) is 3.21. The summed E-state index contributed by atoms with van der Waals surface area (Å²) in [6.07, 6.45) is 1.72. The fourth-order valence-electron chi connectivity index (χ4n) is 1.52. The quantitative estimate of drug-likeness (QED) is 0.745. The molecule has 0 bridgehead atoms. The molecule has 3 heteroatoms. The zero-order chi connectivity index (χ0) is 9.97. The first-order valence-electron chi connectivity index (χ1n) is 4.53. The number of hydrogen-bond donors (Lipinski definition) is 2. The number of benzene rings is 1. The third-order valence-electron chi connectivity index (χ3n) is 2.25. The van der Waals surface area contributed by atoms with Gasteiger partial charge in [0.1, 0.15) is 0 Å². The highest BCUT2D eigenvalue weighted by molar-refractivity contribution is 5.84. The molecule has 3 N–H and O–H groups in total. The molecule has 0 amide bonds. The molecule has 0 fully saturated rings. The van der Waals surface area contributed by atoms with Gasteiger partial charge in [0.05, 0.1) is 18.3 Å². The zero-order valence-corrected chi connectivity index (χ0v) is 7.72. The molecule has 0 saturated heterocycles. The van der Waals surface area contributed by atoms with E-state index in [1.54, 1.807) is 6.20 Å². The number of nitrogens with zero attached hydrogens (tertiary/aromatic N) is 1. The third-order valence-corrected chi connectivity index (χ3v) is 2.25. The van der Waals surface area contributed by atoms with Crippen LogP contribution in [0.3, 0.4) is 0 Å². The van der Waals surface area contributed by atoms with Crippen LogP contribution in [0.1, 0.15) is 11.7 Å². The molecule has 0 aliphatic rings. The van der Waals surface area contributed by atoms with Crippen LogP contribution in [-0.4, -0.2) is 16.7 Å². The molecule has 0 radical (unpaired) electrons. The van der Waals surface area contributed by atoms with Gasteiger partial charge in [-0.3, -0.25) is 4.98 Å². The average Bonchev–Trinajstić information content (AvgIpc) is 2.27. The summed E-state index contributed by atoms with van der Waals surface area (Å²) in [5.41, 5.74) is 6.50. The van der Waals surface area contributed by atoms with Gasteiger partial charge in [-0.1, -0.05) is 24.3 Å². The fourth-order valence-corrected chi connectivity index (χ4v) is 1.52. The molecule has 1 atom stereocenters. The first-order chi connectivity index (χ1) is 6.83. The second-order valence-electron chi connectivity index (χ2n) is 3.21. The normalized spacial score (nSPS) is 13.0. The van der Waals surface area contributed by atoms with E-state index in [0.717, 1.165) is 16.5 Å². The monoisotopic (exact) mass is 188 g/mol. The fraction of sp³-hybridized carbons (Fsp3) is 0.182. The van der Waals surface area contributed by atoms with Gasteiger partial charge in [0.2, 0.25) is 0 Å². The van der Waals surface area contributed by atoms with Gasteiger partial charge in [-0.2, -0.15) is 0 Å². The highest BCUT2D eigenvalue weighted by Crippen LogP contribution is 2.20. The number of nitrogens with two attached hydrogens (primary N) is 1. The molecule has 0 spiro atoms. The van der Waals surface area contributed by atoms with E-state index in [4.69, 9.17) is 10.8 Å². The maximum atomic E-state index is 8.98. The highest BCUT2D eigenvalue weighted by atomic mass is 16.3. The molecule has 3 nitrogen and oxygen atoms in total. The predicted octanol–water partition coefficient (Wildman–Crippen LogP) is 1.23. The van der Waals surface area contributed by atoms with Gasteiger partial charge in [0.15, 0.2) is 0 Å². The van der Waals surface area contributed by atoms with Crippen molar-refractivity contribution in [2.45, 2.75) is 6.04 Å². The van der Waals surface area contributed by atoms with Crippen molar-refractivity contribution in [2.75, 3.05) is 6.61 Å². The maximum absolute atomic E-state index is 8.98. The molecule has 1 unspecified atom stereocenters. The van der Waals surface area contributed by atoms with Gasteiger partial charge in [-0.15, -0.1) is 0 Å². The standard InChI is InChI=1S/C11H12N2O/c12-10(7-14)11-9-4-2-1-3-8(9)5-6-13-11/h1-6,10,14H,7,12H2. The van der Waals surface area contributed by atoms with E-state index in [0.29, 0.717) is 0 Å². The van der Waals surface area contributed by atoms with Gasteiger partial charge < -0.3 is 10.8 Å². The minimum atomic E-state index is -0.402. The predicted molar refractivity (Wildman–Crippen MR) is 55.8 cm³/mol. The Bertz CT molecular complexity index is 437. The Labute approximate surface area is 82.2 Å². The first-order valence-corrected chi connectivity index (χ1v) is 4.53. The van der Waals surface area contributed by atoms with Crippen LogP contribution in [0.15, 0.2) is 36.5 Å². The van der Waals surface area contributed by atoms with E-state index >= 15 is 0 Å². The molecule has 1 heterocycles. The van der Waals surface area contributed by atoms with E-state index < -0.39 is 6.04 Å². The van der Waals surface area contributed by atoms with Crippen LogP contribution in [0, 0.1) is 0 Å². The molecule has 0 aliphatic heterocycles. The maximum Gasteiger partial charge on any atom is 0.0711 e. The molecule has 1 aromatic heterocycles. The SMILES string of the molecule is NC(CO)c1nccc2ccccc12. The van der Waals surface area contributed by atoms with Crippen LogP contribution >= 0.6 is 0 Å². The summed E-state index contributed by atoms with van der Waals surface area (Å²) in [7, 11) is 0. The summed E-state index contributed by atoms with van der Waals surface area (Å²) in [4.78, 5) is 4.19. The minimum Gasteiger partial charge on any atom is -0.394 e. The third kappa shape index (κ3) is 1.47. The Hall–Kier alpha value is -1.45. The lowest BCUT2D eigenvalue weighted by molar-refractivity contribution is 0.266. The second kappa shape index (κ2) is 3.74. The van der Waals surface area contributed by atoms with Gasteiger partial charge >= 0.3 is 0 Å². The van der Waals surface area contributed by atoms with Crippen molar-refractivity contribution < 1.29 is 5.11 Å². The summed E-state index contributed by atoms with van der Waals surface area (Å²) >= 11 is 0. The summed E-state index contributed by atoms with van der Waals surface area (Å²) in [6.45, 7) is -0.0823. The lowest BCUT2D eigenvalue weighted by Gasteiger charge is -2.10. The van der Waals surface area contributed by atoms with Crippen LogP contribution in [-0.2, 0) is 0 Å². The summed E-state index contributed by atoms with van der Waals surface area (Å²) in [6, 6.07) is 9.41. The number of aliphatic hydroxyl groups is 1. The van der Waals surface area contributed by atoms with E-state index in [-0.39, 0.29) is 6.61 Å². The Morgan fingerprint density at radius 2 is 2.07 bits per heavy atom. The van der Waals surface area contributed by atoms with Gasteiger partial charge in [0.25, 0.3) is 0 Å². The number of pyridine rings is 1. The van der Waals surface area contributed by atoms with E-state index in [9.17, 15) is 0 Å². The van der Waals surface area contributed by atoms with Crippen LogP contribution in [0.4, 0.5) is 0 Å². The molecular weight excluding hydrogens is 176 g/mol. The number of aromatic nitrogens is 1. The van der Waals surface area contributed by atoms with Crippen LogP contribution in [0.2, 0.25) is 0 Å². The molecule has 0 aliphatic carbocycles. The number of hydrogen-bond acceptors (Lipinski definition) is 3. The highest BCUT2D eigenvalue weighted by Gasteiger charge is 2.09.